The summed E-state index contributed by atoms with van der Waals surface area (Å²) in [5, 5.41) is 28.0. The van der Waals surface area contributed by atoms with Gasteiger partial charge in [0.25, 0.3) is 5.91 Å². The molecule has 2 atom stereocenters. The minimum atomic E-state index is -3.83. The summed E-state index contributed by atoms with van der Waals surface area (Å²) >= 11 is 3.54. The average molecular weight is 677 g/mol. The van der Waals surface area contributed by atoms with E-state index in [2.05, 4.69) is 26.8 Å². The number of sulfone groups is 1. The van der Waals surface area contributed by atoms with Gasteiger partial charge in [-0.05, 0) is 42.5 Å². The predicted octanol–water partition coefficient (Wildman–Crippen LogP) is 2.31. The van der Waals surface area contributed by atoms with Crippen molar-refractivity contribution in [1.29, 1.82) is 0 Å². The van der Waals surface area contributed by atoms with E-state index in [0.717, 1.165) is 0 Å². The van der Waals surface area contributed by atoms with Crippen LogP contribution >= 0.6 is 15.9 Å². The highest BCUT2D eigenvalue weighted by Crippen LogP contribution is 2.45. The van der Waals surface area contributed by atoms with Crippen LogP contribution in [0.4, 0.5) is 0 Å². The molecule has 5 N–H and O–H groups in total. The Morgan fingerprint density at radius 3 is 2.33 bits per heavy atom. The summed E-state index contributed by atoms with van der Waals surface area (Å²) in [5.41, 5.74) is 4.45. The van der Waals surface area contributed by atoms with Gasteiger partial charge in [-0.25, -0.2) is 18.8 Å². The summed E-state index contributed by atoms with van der Waals surface area (Å²) < 4.78 is 39.4. The Morgan fingerprint density at radius 1 is 1.00 bits per heavy atom. The number of rotatable bonds is 15. The number of nitrogens with zero attached hydrogens (tertiary/aromatic N) is 1. The molecule has 0 unspecified atom stereocenters. The molecule has 4 rings (SSSR count). The molecule has 3 aromatic carbocycles. The van der Waals surface area contributed by atoms with Crippen molar-refractivity contribution in [2.75, 3.05) is 32.2 Å². The summed E-state index contributed by atoms with van der Waals surface area (Å²) in [4.78, 5) is 18.9. The molecule has 1 heterocycles. The number of hydrogen-bond donors (Lipinski definition) is 5. The summed E-state index contributed by atoms with van der Waals surface area (Å²) in [6.07, 6.45) is -0.817. The molecule has 230 valence electrons. The zero-order valence-corrected chi connectivity index (χ0v) is 25.6. The fraction of sp³-hybridized carbons (Fsp3) is 0.333. The molecule has 1 aliphatic heterocycles. The highest BCUT2D eigenvalue weighted by Gasteiger charge is 2.54. The van der Waals surface area contributed by atoms with Gasteiger partial charge in [0.2, 0.25) is 5.90 Å². The van der Waals surface area contributed by atoms with Crippen LogP contribution in [0.25, 0.3) is 0 Å². The van der Waals surface area contributed by atoms with E-state index in [1.54, 1.807) is 66.7 Å². The van der Waals surface area contributed by atoms with Crippen LogP contribution in [0, 0.1) is 0 Å². The van der Waals surface area contributed by atoms with E-state index < -0.39 is 52.4 Å². The largest absolute Gasteiger partial charge is 0.494 e. The minimum Gasteiger partial charge on any atom is -0.494 e. The van der Waals surface area contributed by atoms with Crippen molar-refractivity contribution in [2.45, 2.75) is 35.4 Å². The third-order valence-electron chi connectivity index (χ3n) is 6.90. The van der Waals surface area contributed by atoms with Crippen molar-refractivity contribution in [1.82, 2.24) is 10.9 Å². The zero-order chi connectivity index (χ0) is 30.9. The number of aliphatic hydroxyl groups is 3. The van der Waals surface area contributed by atoms with E-state index in [0.29, 0.717) is 34.4 Å². The average Bonchev–Trinajstić information content (AvgIpc) is 3.42. The second-order valence-electron chi connectivity index (χ2n) is 9.85. The highest BCUT2D eigenvalue weighted by atomic mass is 79.9. The number of carbonyl (C=O) groups excluding carboxylic acids is 1. The number of ether oxygens (including phenoxy) is 2. The van der Waals surface area contributed by atoms with Crippen LogP contribution in [0.1, 0.15) is 30.1 Å². The summed E-state index contributed by atoms with van der Waals surface area (Å²) in [7, 11) is -3.83. The second-order valence-corrected chi connectivity index (χ2v) is 12.8. The predicted molar refractivity (Wildman–Crippen MR) is 163 cm³/mol. The standard InChI is InChI=1S/C30H34BrN3O8S/c31-26-10-5-4-9-25(26)27-30(29(38)34-33-22(19-36)20-37,15-18-43(39,40)24-7-2-1-3-8-24)32-28(42-27)21-11-13-23(14-12-21)41-17-6-16-35/h1-5,7-14,22,27,33,35-37H,6,15-20H2,(H,34,38)/t27-,30-/m0/s1. The number of hydrogen-bond acceptors (Lipinski definition) is 10. The molecule has 0 saturated carbocycles. The number of nitrogens with one attached hydrogen (secondary N) is 2. The first-order chi connectivity index (χ1) is 20.7. The molecular weight excluding hydrogens is 642 g/mol. The van der Waals surface area contributed by atoms with Gasteiger partial charge in [0, 0.05) is 35.0 Å². The quantitative estimate of drug-likeness (QED) is 0.120. The van der Waals surface area contributed by atoms with Crippen LogP contribution in [0.2, 0.25) is 0 Å². The molecule has 1 aliphatic rings. The van der Waals surface area contributed by atoms with Gasteiger partial charge < -0.3 is 24.8 Å². The molecule has 0 spiro atoms. The van der Waals surface area contributed by atoms with Crippen LogP contribution in [-0.4, -0.2) is 79.3 Å². The Bertz CT molecular complexity index is 1500. The Balaban J connectivity index is 1.77. The molecular formula is C30H34BrN3O8S. The first kappa shape index (κ1) is 32.6. The number of amides is 1. The normalized spacial score (nSPS) is 18.3. The van der Waals surface area contributed by atoms with E-state index in [1.807, 2.05) is 0 Å². The monoisotopic (exact) mass is 675 g/mol. The molecule has 0 aliphatic carbocycles. The van der Waals surface area contributed by atoms with Gasteiger partial charge in [0.1, 0.15) is 5.75 Å². The van der Waals surface area contributed by atoms with Crippen LogP contribution in [0.5, 0.6) is 5.75 Å². The Labute approximate surface area is 258 Å². The maximum atomic E-state index is 14.1. The Hall–Kier alpha value is -3.33. The topological polar surface area (TPSA) is 167 Å². The lowest BCUT2D eigenvalue weighted by molar-refractivity contribution is -0.130. The summed E-state index contributed by atoms with van der Waals surface area (Å²) in [6, 6.07) is 21.0. The van der Waals surface area contributed by atoms with Crippen LogP contribution in [0.3, 0.4) is 0 Å². The van der Waals surface area contributed by atoms with Crippen LogP contribution in [0.15, 0.2) is 93.2 Å². The first-order valence-corrected chi connectivity index (χ1v) is 16.1. The van der Waals surface area contributed by atoms with Crippen molar-refractivity contribution in [2.24, 2.45) is 4.99 Å². The van der Waals surface area contributed by atoms with Gasteiger partial charge in [-0.1, -0.05) is 52.3 Å². The van der Waals surface area contributed by atoms with Gasteiger partial charge in [-0.15, -0.1) is 0 Å². The van der Waals surface area contributed by atoms with Gasteiger partial charge in [-0.2, -0.15) is 0 Å². The highest BCUT2D eigenvalue weighted by molar-refractivity contribution is 9.10. The van der Waals surface area contributed by atoms with Crippen LogP contribution < -0.4 is 15.6 Å². The van der Waals surface area contributed by atoms with E-state index in [1.165, 1.54) is 12.1 Å². The number of carbonyl (C=O) groups is 1. The summed E-state index contributed by atoms with van der Waals surface area (Å²) in [5.74, 6) is -0.440. The van der Waals surface area contributed by atoms with Gasteiger partial charge in [0.05, 0.1) is 36.5 Å². The van der Waals surface area contributed by atoms with E-state index in [4.69, 9.17) is 19.6 Å². The van der Waals surface area contributed by atoms with E-state index in [9.17, 15) is 23.4 Å². The lowest BCUT2D eigenvalue weighted by Crippen LogP contribution is -2.56. The molecule has 1 amide bonds. The zero-order valence-electron chi connectivity index (χ0n) is 23.2. The molecule has 0 saturated heterocycles. The molecule has 43 heavy (non-hydrogen) atoms. The maximum absolute atomic E-state index is 14.1. The molecule has 0 fully saturated rings. The lowest BCUT2D eigenvalue weighted by Gasteiger charge is -2.31. The van der Waals surface area contributed by atoms with Gasteiger partial charge >= 0.3 is 0 Å². The lowest BCUT2D eigenvalue weighted by atomic mass is 9.85. The SMILES string of the molecule is O=C(NNC(CO)CO)[C@@]1(CCS(=O)(=O)c2ccccc2)N=C(c2ccc(OCCCO)cc2)O[C@H]1c1ccccc1Br. The van der Waals surface area contributed by atoms with Crippen LogP contribution in [-0.2, 0) is 19.4 Å². The minimum absolute atomic E-state index is 0.00944. The number of aliphatic imine (C=N–C) groups is 1. The second kappa shape index (κ2) is 14.9. The third-order valence-corrected chi connectivity index (χ3v) is 9.36. The van der Waals surface area contributed by atoms with Crippen molar-refractivity contribution >= 4 is 37.6 Å². The van der Waals surface area contributed by atoms with Crippen molar-refractivity contribution in [3.05, 3.63) is 94.5 Å². The molecule has 11 nitrogen and oxygen atoms in total. The van der Waals surface area contributed by atoms with Crippen molar-refractivity contribution in [3.8, 4) is 5.75 Å². The molecule has 0 bridgehead atoms. The number of halogens is 1. The van der Waals surface area contributed by atoms with E-state index in [-0.39, 0.29) is 23.8 Å². The summed E-state index contributed by atoms with van der Waals surface area (Å²) in [6.45, 7) is -0.573. The first-order valence-electron chi connectivity index (χ1n) is 13.6. The Kier molecular flexibility index (Phi) is 11.3. The van der Waals surface area contributed by atoms with E-state index >= 15 is 0 Å². The fourth-order valence-electron chi connectivity index (χ4n) is 4.50. The molecule has 13 heteroatoms. The third kappa shape index (κ3) is 7.80. The molecule has 0 radical (unpaired) electrons. The van der Waals surface area contributed by atoms with Crippen molar-refractivity contribution in [3.63, 3.8) is 0 Å². The molecule has 0 aromatic heterocycles. The molecule has 3 aromatic rings. The number of benzene rings is 3. The van der Waals surface area contributed by atoms with Gasteiger partial charge in [0.15, 0.2) is 21.5 Å². The fourth-order valence-corrected chi connectivity index (χ4v) is 6.38. The van der Waals surface area contributed by atoms with Gasteiger partial charge in [-0.3, -0.25) is 10.2 Å². The number of aliphatic hydroxyl groups excluding tert-OH is 3. The smallest absolute Gasteiger partial charge is 0.266 e. The van der Waals surface area contributed by atoms with Crippen molar-refractivity contribution < 1.29 is 38.0 Å². The number of hydrazine groups is 1. The maximum Gasteiger partial charge on any atom is 0.266 e. The Morgan fingerprint density at radius 2 is 1.67 bits per heavy atom.